The molecule has 0 spiro atoms. The van der Waals surface area contributed by atoms with E-state index in [2.05, 4.69) is 30.4 Å². The zero-order valence-electron chi connectivity index (χ0n) is 9.85. The summed E-state index contributed by atoms with van der Waals surface area (Å²) in [5.41, 5.74) is 0.863. The van der Waals surface area contributed by atoms with E-state index < -0.39 is 16.3 Å². The maximum atomic E-state index is 11.5. The number of hydrogen-bond donors (Lipinski definition) is 2. The number of rotatable bonds is 3. The van der Waals surface area contributed by atoms with Crippen LogP contribution in [0.1, 0.15) is 24.9 Å². The zero-order chi connectivity index (χ0) is 13.2. The fourth-order valence-corrected chi connectivity index (χ4v) is 3.01. The van der Waals surface area contributed by atoms with E-state index in [0.29, 0.717) is 12.4 Å². The summed E-state index contributed by atoms with van der Waals surface area (Å²) in [6, 6.07) is 7.06. The highest BCUT2D eigenvalue weighted by Crippen LogP contribution is 2.21. The molecule has 0 amide bonds. The Labute approximate surface area is 115 Å². The molecule has 2 rings (SSSR count). The lowest BCUT2D eigenvalue weighted by molar-refractivity contribution is 0.583. The molecule has 1 saturated heterocycles. The van der Waals surface area contributed by atoms with Crippen LogP contribution in [0.15, 0.2) is 33.7 Å². The van der Waals surface area contributed by atoms with Gasteiger partial charge in [-0.2, -0.15) is 13.1 Å². The van der Waals surface area contributed by atoms with Gasteiger partial charge in [-0.1, -0.05) is 35.0 Å². The molecular weight excluding hydrogens is 318 g/mol. The van der Waals surface area contributed by atoms with Gasteiger partial charge in [-0.3, -0.25) is 9.71 Å². The van der Waals surface area contributed by atoms with Gasteiger partial charge in [-0.25, -0.2) is 0 Å². The maximum absolute atomic E-state index is 11.5. The molecule has 1 atom stereocenters. The van der Waals surface area contributed by atoms with Gasteiger partial charge in [-0.05, 0) is 24.1 Å². The molecule has 1 heterocycles. The lowest BCUT2D eigenvalue weighted by Gasteiger charge is -2.09. The van der Waals surface area contributed by atoms with Crippen LogP contribution < -0.4 is 9.44 Å². The van der Waals surface area contributed by atoms with E-state index in [1.165, 1.54) is 0 Å². The standard InChI is InChI=1S/C11H14BrN3O2S/c1-2-7-13-11-10(14-18(16,17)15-11)8-3-5-9(12)6-4-8/h3-6,10,14H,2,7H2,1H3,(H,13,15). The van der Waals surface area contributed by atoms with Crippen molar-refractivity contribution in [2.75, 3.05) is 6.54 Å². The Hall–Kier alpha value is -0.920. The predicted molar refractivity (Wildman–Crippen MR) is 74.7 cm³/mol. The van der Waals surface area contributed by atoms with Crippen LogP contribution >= 0.6 is 15.9 Å². The van der Waals surface area contributed by atoms with Crippen molar-refractivity contribution in [3.63, 3.8) is 0 Å². The molecule has 1 aromatic carbocycles. The maximum Gasteiger partial charge on any atom is 0.301 e. The normalized spacial score (nSPS) is 24.1. The molecule has 0 saturated carbocycles. The van der Waals surface area contributed by atoms with Gasteiger partial charge in [0.1, 0.15) is 11.9 Å². The van der Waals surface area contributed by atoms with Crippen LogP contribution in [0.2, 0.25) is 0 Å². The van der Waals surface area contributed by atoms with E-state index >= 15 is 0 Å². The average molecular weight is 332 g/mol. The smallest absolute Gasteiger partial charge is 0.270 e. The Kier molecular flexibility index (Phi) is 4.04. The minimum absolute atomic E-state index is 0.422. The van der Waals surface area contributed by atoms with Crippen LogP contribution in [0.25, 0.3) is 0 Å². The third-order valence-electron chi connectivity index (χ3n) is 2.49. The van der Waals surface area contributed by atoms with Crippen LogP contribution in [0.3, 0.4) is 0 Å². The molecule has 5 nitrogen and oxygen atoms in total. The monoisotopic (exact) mass is 331 g/mol. The van der Waals surface area contributed by atoms with E-state index in [-0.39, 0.29) is 0 Å². The van der Waals surface area contributed by atoms with Crippen LogP contribution in [0.4, 0.5) is 0 Å². The number of aliphatic imine (C=N–C) groups is 1. The van der Waals surface area contributed by atoms with Crippen molar-refractivity contribution in [2.24, 2.45) is 4.99 Å². The lowest BCUT2D eigenvalue weighted by Crippen LogP contribution is -2.24. The van der Waals surface area contributed by atoms with Crippen LogP contribution in [0.5, 0.6) is 0 Å². The van der Waals surface area contributed by atoms with Crippen molar-refractivity contribution in [1.29, 1.82) is 0 Å². The van der Waals surface area contributed by atoms with Crippen molar-refractivity contribution in [3.8, 4) is 0 Å². The van der Waals surface area contributed by atoms with Gasteiger partial charge in [0.15, 0.2) is 0 Å². The molecule has 1 aliphatic rings. The van der Waals surface area contributed by atoms with Crippen LogP contribution in [0, 0.1) is 0 Å². The SMILES string of the molecule is CCCN=C1NS(=O)(=O)NC1c1ccc(Br)cc1. The van der Waals surface area contributed by atoms with Gasteiger partial charge in [-0.15, -0.1) is 0 Å². The summed E-state index contributed by atoms with van der Waals surface area (Å²) >= 11 is 3.35. The van der Waals surface area contributed by atoms with Crippen molar-refractivity contribution in [2.45, 2.75) is 19.4 Å². The molecule has 1 unspecified atom stereocenters. The van der Waals surface area contributed by atoms with Gasteiger partial charge in [0.25, 0.3) is 0 Å². The third kappa shape index (κ3) is 3.09. The summed E-state index contributed by atoms with van der Waals surface area (Å²) in [6.07, 6.45) is 0.873. The first-order valence-electron chi connectivity index (χ1n) is 5.61. The van der Waals surface area contributed by atoms with E-state index in [4.69, 9.17) is 0 Å². The van der Waals surface area contributed by atoms with Crippen molar-refractivity contribution in [1.82, 2.24) is 9.44 Å². The summed E-state index contributed by atoms with van der Waals surface area (Å²) in [4.78, 5) is 4.27. The van der Waals surface area contributed by atoms with Gasteiger partial charge >= 0.3 is 10.2 Å². The molecule has 1 aliphatic heterocycles. The molecule has 2 N–H and O–H groups in total. The first-order chi connectivity index (χ1) is 8.52. The second-order valence-electron chi connectivity index (χ2n) is 3.97. The second kappa shape index (κ2) is 5.38. The molecule has 0 radical (unpaired) electrons. The van der Waals surface area contributed by atoms with E-state index in [1.54, 1.807) is 0 Å². The second-order valence-corrected chi connectivity index (χ2v) is 6.34. The summed E-state index contributed by atoms with van der Waals surface area (Å²) in [7, 11) is -3.48. The van der Waals surface area contributed by atoms with Crippen molar-refractivity contribution in [3.05, 3.63) is 34.3 Å². The molecular formula is C11H14BrN3O2S. The Morgan fingerprint density at radius 3 is 2.61 bits per heavy atom. The van der Waals surface area contributed by atoms with Crippen LogP contribution in [-0.4, -0.2) is 20.8 Å². The van der Waals surface area contributed by atoms with Gasteiger partial charge in [0.05, 0.1) is 0 Å². The first kappa shape index (κ1) is 13.5. The molecule has 7 heteroatoms. The number of nitrogens with zero attached hydrogens (tertiary/aromatic N) is 1. The Bertz CT molecular complexity index is 554. The zero-order valence-corrected chi connectivity index (χ0v) is 12.3. The molecule has 0 aliphatic carbocycles. The van der Waals surface area contributed by atoms with Crippen LogP contribution in [-0.2, 0) is 10.2 Å². The van der Waals surface area contributed by atoms with Crippen molar-refractivity contribution < 1.29 is 8.42 Å². The predicted octanol–water partition coefficient (Wildman–Crippen LogP) is 1.74. The Morgan fingerprint density at radius 1 is 1.33 bits per heavy atom. The molecule has 18 heavy (non-hydrogen) atoms. The number of halogens is 1. The number of nitrogens with one attached hydrogen (secondary N) is 2. The summed E-state index contributed by atoms with van der Waals surface area (Å²) < 4.78 is 29.0. The fraction of sp³-hybridized carbons (Fsp3) is 0.364. The first-order valence-corrected chi connectivity index (χ1v) is 7.89. The lowest BCUT2D eigenvalue weighted by atomic mass is 10.1. The van der Waals surface area contributed by atoms with Crippen molar-refractivity contribution >= 4 is 32.0 Å². The highest BCUT2D eigenvalue weighted by atomic mass is 79.9. The van der Waals surface area contributed by atoms with E-state index in [9.17, 15) is 8.42 Å². The third-order valence-corrected chi connectivity index (χ3v) is 4.05. The number of hydrogen-bond acceptors (Lipinski definition) is 3. The average Bonchev–Trinajstić information content (AvgIpc) is 2.63. The van der Waals surface area contributed by atoms with E-state index in [0.717, 1.165) is 16.5 Å². The molecule has 1 aromatic rings. The molecule has 0 aromatic heterocycles. The minimum atomic E-state index is -3.48. The van der Waals surface area contributed by atoms with E-state index in [1.807, 2.05) is 31.2 Å². The molecule has 0 bridgehead atoms. The quantitative estimate of drug-likeness (QED) is 0.885. The van der Waals surface area contributed by atoms with Gasteiger partial charge < -0.3 is 0 Å². The number of benzene rings is 1. The summed E-state index contributed by atoms with van der Waals surface area (Å²) in [5, 5.41) is 0. The van der Waals surface area contributed by atoms with Gasteiger partial charge in [0.2, 0.25) is 0 Å². The molecule has 98 valence electrons. The Balaban J connectivity index is 2.32. The summed E-state index contributed by atoms with van der Waals surface area (Å²) in [5.74, 6) is 0.458. The van der Waals surface area contributed by atoms with Gasteiger partial charge in [0, 0.05) is 11.0 Å². The minimum Gasteiger partial charge on any atom is -0.270 e. The highest BCUT2D eigenvalue weighted by Gasteiger charge is 2.33. The molecule has 1 fully saturated rings. The highest BCUT2D eigenvalue weighted by molar-refractivity contribution is 9.10. The number of amidine groups is 1. The topological polar surface area (TPSA) is 70.6 Å². The fourth-order valence-electron chi connectivity index (χ4n) is 1.67. The largest absolute Gasteiger partial charge is 0.301 e. The summed E-state index contributed by atoms with van der Waals surface area (Å²) in [6.45, 7) is 2.60. The Morgan fingerprint density at radius 2 is 2.00 bits per heavy atom.